The van der Waals surface area contributed by atoms with E-state index < -0.39 is 0 Å². The third kappa shape index (κ3) is 6.45. The van der Waals surface area contributed by atoms with Gasteiger partial charge in [0.05, 0.1) is 5.75 Å². The van der Waals surface area contributed by atoms with E-state index in [1.165, 1.54) is 46.3 Å². The van der Waals surface area contributed by atoms with E-state index in [0.717, 1.165) is 12.0 Å². The summed E-state index contributed by atoms with van der Waals surface area (Å²) in [5, 5.41) is 8.51. The Morgan fingerprint density at radius 3 is 2.55 bits per heavy atom. The van der Waals surface area contributed by atoms with Crippen LogP contribution in [0.1, 0.15) is 30.3 Å². The fraction of sp³-hybridized carbons (Fsp3) is 0.318. The SMILES string of the molecule is CCCN(Cc1ccc(C)cc1)C(=O)CSc1nnc(COc2ccc(F)cc2)n1N. The summed E-state index contributed by atoms with van der Waals surface area (Å²) in [6, 6.07) is 13.9. The Labute approximate surface area is 185 Å². The monoisotopic (exact) mass is 443 g/mol. The molecule has 1 heterocycles. The molecule has 0 radical (unpaired) electrons. The quantitative estimate of drug-likeness (QED) is 0.381. The average molecular weight is 444 g/mol. The van der Waals surface area contributed by atoms with Gasteiger partial charge in [0.1, 0.15) is 18.2 Å². The number of thioether (sulfide) groups is 1. The van der Waals surface area contributed by atoms with E-state index in [9.17, 15) is 9.18 Å². The molecule has 164 valence electrons. The maximum atomic E-state index is 13.0. The van der Waals surface area contributed by atoms with E-state index in [1.54, 1.807) is 0 Å². The van der Waals surface area contributed by atoms with Gasteiger partial charge in [0, 0.05) is 13.1 Å². The van der Waals surface area contributed by atoms with E-state index in [2.05, 4.69) is 10.2 Å². The lowest BCUT2D eigenvalue weighted by molar-refractivity contribution is -0.129. The van der Waals surface area contributed by atoms with Gasteiger partial charge in [0.15, 0.2) is 5.82 Å². The van der Waals surface area contributed by atoms with Gasteiger partial charge in [-0.05, 0) is 43.2 Å². The Kier molecular flexibility index (Phi) is 7.88. The third-order valence-electron chi connectivity index (χ3n) is 4.58. The van der Waals surface area contributed by atoms with Gasteiger partial charge in [-0.3, -0.25) is 4.79 Å². The molecular weight excluding hydrogens is 417 g/mol. The summed E-state index contributed by atoms with van der Waals surface area (Å²) in [5.74, 6) is 6.85. The first kappa shape index (κ1) is 22.6. The number of hydrogen-bond acceptors (Lipinski definition) is 6. The fourth-order valence-electron chi connectivity index (χ4n) is 2.88. The zero-order valence-electron chi connectivity index (χ0n) is 17.6. The summed E-state index contributed by atoms with van der Waals surface area (Å²) >= 11 is 1.23. The van der Waals surface area contributed by atoms with Crippen LogP contribution in [0.5, 0.6) is 5.75 Å². The van der Waals surface area contributed by atoms with Crippen molar-refractivity contribution in [2.45, 2.75) is 38.6 Å². The first-order chi connectivity index (χ1) is 15.0. The molecule has 0 saturated carbocycles. The van der Waals surface area contributed by atoms with Crippen LogP contribution in [-0.2, 0) is 17.9 Å². The molecule has 1 aromatic heterocycles. The molecule has 2 aromatic carbocycles. The van der Waals surface area contributed by atoms with Crippen molar-refractivity contribution in [3.63, 3.8) is 0 Å². The molecule has 0 spiro atoms. The predicted octanol–water partition coefficient (Wildman–Crippen LogP) is 3.55. The minimum Gasteiger partial charge on any atom is -0.486 e. The Morgan fingerprint density at radius 1 is 1.16 bits per heavy atom. The third-order valence-corrected chi connectivity index (χ3v) is 5.51. The number of carbonyl (C=O) groups is 1. The van der Waals surface area contributed by atoms with Crippen LogP contribution in [0, 0.1) is 12.7 Å². The second-order valence-corrected chi connectivity index (χ2v) is 8.04. The zero-order valence-corrected chi connectivity index (χ0v) is 18.4. The first-order valence-electron chi connectivity index (χ1n) is 10.00. The summed E-state index contributed by atoms with van der Waals surface area (Å²) in [6.45, 7) is 5.42. The van der Waals surface area contributed by atoms with Crippen LogP contribution in [0.15, 0.2) is 53.7 Å². The molecule has 0 aliphatic heterocycles. The molecule has 0 fully saturated rings. The van der Waals surface area contributed by atoms with E-state index in [1.807, 2.05) is 43.0 Å². The number of aryl methyl sites for hydroxylation is 1. The van der Waals surface area contributed by atoms with E-state index in [4.69, 9.17) is 10.6 Å². The van der Waals surface area contributed by atoms with Gasteiger partial charge in [-0.15, -0.1) is 10.2 Å². The molecule has 9 heteroatoms. The molecule has 3 rings (SSSR count). The average Bonchev–Trinajstić information content (AvgIpc) is 3.12. The highest BCUT2D eigenvalue weighted by atomic mass is 32.2. The van der Waals surface area contributed by atoms with Crippen molar-refractivity contribution in [1.82, 2.24) is 19.8 Å². The number of ether oxygens (including phenoxy) is 1. The standard InChI is InChI=1S/C22H26FN5O2S/c1-3-12-27(13-17-6-4-16(2)5-7-17)21(29)15-31-22-26-25-20(28(22)24)14-30-19-10-8-18(23)9-11-19/h4-11H,3,12-15,24H2,1-2H3. The summed E-state index contributed by atoms with van der Waals surface area (Å²) in [4.78, 5) is 14.6. The molecule has 0 atom stereocenters. The maximum Gasteiger partial charge on any atom is 0.233 e. The second-order valence-electron chi connectivity index (χ2n) is 7.10. The van der Waals surface area contributed by atoms with Gasteiger partial charge < -0.3 is 15.5 Å². The number of nitrogens with two attached hydrogens (primary N) is 1. The number of halogens is 1. The van der Waals surface area contributed by atoms with Gasteiger partial charge in [0.25, 0.3) is 0 Å². The molecule has 2 N–H and O–H groups in total. The Balaban J connectivity index is 1.55. The van der Waals surface area contributed by atoms with Crippen LogP contribution in [0.4, 0.5) is 4.39 Å². The number of nitrogen functional groups attached to an aromatic ring is 1. The second kappa shape index (κ2) is 10.8. The predicted molar refractivity (Wildman–Crippen MR) is 119 cm³/mol. The van der Waals surface area contributed by atoms with Crippen LogP contribution in [-0.4, -0.2) is 38.0 Å². The van der Waals surface area contributed by atoms with Gasteiger partial charge in [-0.1, -0.05) is 48.5 Å². The molecule has 0 aliphatic rings. The molecule has 1 amide bonds. The number of benzene rings is 2. The number of carbonyl (C=O) groups excluding carboxylic acids is 1. The van der Waals surface area contributed by atoms with Crippen molar-refractivity contribution in [3.05, 3.63) is 71.3 Å². The van der Waals surface area contributed by atoms with Crippen molar-refractivity contribution in [3.8, 4) is 5.75 Å². The minimum atomic E-state index is -0.336. The molecule has 0 unspecified atom stereocenters. The molecule has 7 nitrogen and oxygen atoms in total. The molecule has 3 aromatic rings. The maximum absolute atomic E-state index is 13.0. The lowest BCUT2D eigenvalue weighted by Gasteiger charge is -2.22. The van der Waals surface area contributed by atoms with Crippen LogP contribution in [0.25, 0.3) is 0 Å². The molecule has 31 heavy (non-hydrogen) atoms. The number of nitrogens with zero attached hydrogens (tertiary/aromatic N) is 4. The highest BCUT2D eigenvalue weighted by Crippen LogP contribution is 2.18. The van der Waals surface area contributed by atoms with Gasteiger partial charge in [0.2, 0.25) is 11.1 Å². The van der Waals surface area contributed by atoms with E-state index >= 15 is 0 Å². The normalized spacial score (nSPS) is 10.8. The van der Waals surface area contributed by atoms with Crippen LogP contribution < -0.4 is 10.6 Å². The van der Waals surface area contributed by atoms with Gasteiger partial charge >= 0.3 is 0 Å². The lowest BCUT2D eigenvalue weighted by Crippen LogP contribution is -2.32. The largest absolute Gasteiger partial charge is 0.486 e. The van der Waals surface area contributed by atoms with Crippen molar-refractivity contribution < 1.29 is 13.9 Å². The lowest BCUT2D eigenvalue weighted by atomic mass is 10.1. The van der Waals surface area contributed by atoms with Crippen molar-refractivity contribution in [2.24, 2.45) is 0 Å². The number of rotatable bonds is 10. The molecular formula is C22H26FN5O2S. The summed E-state index contributed by atoms with van der Waals surface area (Å²) < 4.78 is 19.8. The smallest absolute Gasteiger partial charge is 0.233 e. The Morgan fingerprint density at radius 2 is 1.87 bits per heavy atom. The van der Waals surface area contributed by atoms with Crippen LogP contribution in [0.3, 0.4) is 0 Å². The highest BCUT2D eigenvalue weighted by Gasteiger charge is 2.17. The summed E-state index contributed by atoms with van der Waals surface area (Å²) in [7, 11) is 0. The first-order valence-corrected chi connectivity index (χ1v) is 11.0. The topological polar surface area (TPSA) is 86.3 Å². The van der Waals surface area contributed by atoms with E-state index in [-0.39, 0.29) is 24.1 Å². The number of aromatic nitrogens is 3. The molecule has 0 saturated heterocycles. The van der Waals surface area contributed by atoms with Crippen molar-refractivity contribution in [1.29, 1.82) is 0 Å². The van der Waals surface area contributed by atoms with Gasteiger partial charge in [-0.25, -0.2) is 9.07 Å². The van der Waals surface area contributed by atoms with Crippen molar-refractivity contribution in [2.75, 3.05) is 18.1 Å². The summed E-state index contributed by atoms with van der Waals surface area (Å²) in [5.41, 5.74) is 2.29. The summed E-state index contributed by atoms with van der Waals surface area (Å²) in [6.07, 6.45) is 0.875. The number of hydrogen-bond donors (Lipinski definition) is 1. The highest BCUT2D eigenvalue weighted by molar-refractivity contribution is 7.99. The van der Waals surface area contributed by atoms with Crippen LogP contribution in [0.2, 0.25) is 0 Å². The Hall–Kier alpha value is -3.07. The molecule has 0 aliphatic carbocycles. The van der Waals surface area contributed by atoms with E-state index in [0.29, 0.717) is 29.8 Å². The number of amides is 1. The molecule has 0 bridgehead atoms. The zero-order chi connectivity index (χ0) is 22.2. The minimum absolute atomic E-state index is 0.0135. The van der Waals surface area contributed by atoms with Gasteiger partial charge in [-0.2, -0.15) is 0 Å². The fourth-order valence-corrected chi connectivity index (χ4v) is 3.65. The Bertz CT molecular complexity index is 992. The van der Waals surface area contributed by atoms with Crippen molar-refractivity contribution >= 4 is 17.7 Å². The van der Waals surface area contributed by atoms with Crippen LogP contribution >= 0.6 is 11.8 Å².